The molecule has 0 amide bonds. The van der Waals surface area contributed by atoms with E-state index in [0.29, 0.717) is 0 Å². The molecule has 0 fully saturated rings. The lowest BCUT2D eigenvalue weighted by molar-refractivity contribution is 0.953. The molecule has 2 aromatic rings. The Hall–Kier alpha value is -0.940. The van der Waals surface area contributed by atoms with E-state index in [1.54, 1.807) is 0 Å². The maximum absolute atomic E-state index is 2.39. The molecule has 13 heavy (non-hydrogen) atoms. The van der Waals surface area contributed by atoms with Crippen LogP contribution in [0.4, 0.5) is 0 Å². The van der Waals surface area contributed by atoms with Gasteiger partial charge >= 0.3 is 0 Å². The first-order valence-corrected chi connectivity index (χ1v) is 5.93. The molecular formula is C11H14NP. The van der Waals surface area contributed by atoms with Gasteiger partial charge in [0.15, 0.2) is 0 Å². The average Bonchev–Trinajstić information content (AvgIpc) is 2.60. The summed E-state index contributed by atoms with van der Waals surface area (Å²) in [5, 5.41) is 0. The molecule has 0 atom stereocenters. The molecule has 0 saturated carbocycles. The molecule has 0 aliphatic rings. The van der Waals surface area contributed by atoms with Crippen LogP contribution in [-0.2, 0) is 7.05 Å². The van der Waals surface area contributed by atoms with Gasteiger partial charge in [0.25, 0.3) is 0 Å². The highest BCUT2D eigenvalue weighted by Gasteiger charge is 2.03. The number of nitrogens with zero attached hydrogens (tertiary/aromatic N) is 1. The summed E-state index contributed by atoms with van der Waals surface area (Å²) < 4.78 is 2.21. The van der Waals surface area contributed by atoms with E-state index < -0.39 is 0 Å². The highest BCUT2D eigenvalue weighted by molar-refractivity contribution is 7.55. The number of hydrogen-bond donors (Lipinski definition) is 0. The summed E-state index contributed by atoms with van der Waals surface area (Å²) in [6, 6.07) is 4.33. The fourth-order valence-electron chi connectivity index (χ4n) is 1.51. The predicted molar refractivity (Wildman–Crippen MR) is 58.9 cm³/mol. The van der Waals surface area contributed by atoms with E-state index in [9.17, 15) is 0 Å². The fourth-order valence-corrected chi connectivity index (χ4v) is 3.78. The molecule has 0 bridgehead atoms. The number of rotatable bonds is 1. The molecule has 1 nitrogen and oxygen atoms in total. The van der Waals surface area contributed by atoms with Crippen LogP contribution in [0.3, 0.4) is 0 Å². The van der Waals surface area contributed by atoms with E-state index in [4.69, 9.17) is 0 Å². The van der Waals surface area contributed by atoms with E-state index in [0.717, 1.165) is 0 Å². The van der Waals surface area contributed by atoms with Crippen LogP contribution in [0.25, 0.3) is 5.44 Å². The summed E-state index contributed by atoms with van der Waals surface area (Å²) in [6.45, 7) is 4.38. The summed E-state index contributed by atoms with van der Waals surface area (Å²) in [5.74, 6) is 4.78. The zero-order valence-corrected chi connectivity index (χ0v) is 9.18. The zero-order valence-electron chi connectivity index (χ0n) is 8.28. The van der Waals surface area contributed by atoms with Gasteiger partial charge in [-0.3, -0.25) is 0 Å². The molecule has 2 aromatic heterocycles. The maximum atomic E-state index is 2.39. The van der Waals surface area contributed by atoms with Crippen molar-refractivity contribution in [1.82, 2.24) is 4.57 Å². The minimum absolute atomic E-state index is 0.164. The molecular weight excluding hydrogens is 177 g/mol. The van der Waals surface area contributed by atoms with Crippen LogP contribution in [0.2, 0.25) is 0 Å². The molecule has 0 spiro atoms. The van der Waals surface area contributed by atoms with Gasteiger partial charge in [0.1, 0.15) is 0 Å². The summed E-state index contributed by atoms with van der Waals surface area (Å²) in [6.07, 6.45) is 2.11. The lowest BCUT2D eigenvalue weighted by atomic mass is 10.2. The monoisotopic (exact) mass is 191 g/mol. The first-order valence-electron chi connectivity index (χ1n) is 4.45. The number of aromatic nitrogens is 1. The Bertz CT molecular complexity index is 403. The molecule has 2 heteroatoms. The van der Waals surface area contributed by atoms with Crippen LogP contribution in [0.1, 0.15) is 11.1 Å². The van der Waals surface area contributed by atoms with E-state index in [-0.39, 0.29) is 7.53 Å². The average molecular weight is 191 g/mol. The lowest BCUT2D eigenvalue weighted by Crippen LogP contribution is -1.82. The smallest absolute Gasteiger partial charge is 0.0638 e. The molecule has 0 unspecified atom stereocenters. The SMILES string of the molecule is Cc1cp(-c2cccn2C)cc1C. The predicted octanol–water partition coefficient (Wildman–Crippen LogP) is 3.62. The molecule has 2 heterocycles. The quantitative estimate of drug-likeness (QED) is 0.648. The summed E-state index contributed by atoms with van der Waals surface area (Å²) >= 11 is 0. The van der Waals surface area contributed by atoms with Gasteiger partial charge in [-0.05, 0) is 48.7 Å². The second-order valence-electron chi connectivity index (χ2n) is 3.51. The van der Waals surface area contributed by atoms with Gasteiger partial charge in [-0.25, -0.2) is 0 Å². The molecule has 0 saturated heterocycles. The van der Waals surface area contributed by atoms with Gasteiger partial charge in [0, 0.05) is 13.2 Å². The van der Waals surface area contributed by atoms with Crippen molar-refractivity contribution in [2.24, 2.45) is 7.05 Å². The van der Waals surface area contributed by atoms with E-state index in [1.807, 2.05) is 0 Å². The maximum Gasteiger partial charge on any atom is 0.0638 e. The van der Waals surface area contributed by atoms with Gasteiger partial charge in [-0.15, -0.1) is 0 Å². The first-order chi connectivity index (χ1) is 6.18. The third-order valence-electron chi connectivity index (χ3n) is 2.47. The minimum atomic E-state index is -0.164. The Morgan fingerprint density at radius 1 is 1.15 bits per heavy atom. The van der Waals surface area contributed by atoms with Crippen molar-refractivity contribution >= 4 is 7.53 Å². The summed E-state index contributed by atoms with van der Waals surface area (Å²) in [7, 11) is 1.95. The van der Waals surface area contributed by atoms with E-state index >= 15 is 0 Å². The summed E-state index contributed by atoms with van der Waals surface area (Å²) in [4.78, 5) is 0. The van der Waals surface area contributed by atoms with E-state index in [2.05, 4.69) is 55.4 Å². The number of aryl methyl sites for hydroxylation is 3. The minimum Gasteiger partial charge on any atom is -0.348 e. The van der Waals surface area contributed by atoms with Gasteiger partial charge < -0.3 is 4.57 Å². The molecule has 0 radical (unpaired) electrons. The Morgan fingerprint density at radius 2 is 1.77 bits per heavy atom. The normalized spacial score (nSPS) is 10.7. The summed E-state index contributed by atoms with van der Waals surface area (Å²) in [5.41, 5.74) is 4.31. The second kappa shape index (κ2) is 3.08. The van der Waals surface area contributed by atoms with Crippen LogP contribution in [0.15, 0.2) is 29.9 Å². The Morgan fingerprint density at radius 3 is 2.23 bits per heavy atom. The van der Waals surface area contributed by atoms with Gasteiger partial charge in [0.05, 0.1) is 5.44 Å². The van der Waals surface area contributed by atoms with Crippen molar-refractivity contribution < 1.29 is 0 Å². The van der Waals surface area contributed by atoms with Crippen molar-refractivity contribution in [3.05, 3.63) is 41.1 Å². The second-order valence-corrected chi connectivity index (χ2v) is 5.30. The van der Waals surface area contributed by atoms with Crippen LogP contribution < -0.4 is 0 Å². The third-order valence-corrected chi connectivity index (χ3v) is 4.79. The molecule has 0 aliphatic carbocycles. The highest BCUT2D eigenvalue weighted by Crippen LogP contribution is 2.41. The van der Waals surface area contributed by atoms with Gasteiger partial charge in [0.2, 0.25) is 0 Å². The largest absolute Gasteiger partial charge is 0.348 e. The van der Waals surface area contributed by atoms with Crippen LogP contribution >= 0.6 is 7.53 Å². The number of hydrogen-bond acceptors (Lipinski definition) is 0. The molecule has 0 N–H and O–H groups in total. The molecule has 68 valence electrons. The standard InChI is InChI=1S/C11H14NP/c1-9-7-13(8-10(9)2)11-5-4-6-12(11)3/h4-8H,1-3H3. The molecule has 2 rings (SSSR count). The topological polar surface area (TPSA) is 4.93 Å². The Balaban J connectivity index is 2.53. The Labute approximate surface area is 80.1 Å². The fraction of sp³-hybridized carbons (Fsp3) is 0.273. The van der Waals surface area contributed by atoms with Crippen LogP contribution in [0.5, 0.6) is 0 Å². The van der Waals surface area contributed by atoms with Crippen molar-refractivity contribution in [3.8, 4) is 5.44 Å². The molecule has 0 aliphatic heterocycles. The highest BCUT2D eigenvalue weighted by atomic mass is 31.1. The lowest BCUT2D eigenvalue weighted by Gasteiger charge is -1.99. The Kier molecular flexibility index (Phi) is 2.05. The van der Waals surface area contributed by atoms with Crippen molar-refractivity contribution in [2.45, 2.75) is 13.8 Å². The van der Waals surface area contributed by atoms with Crippen LogP contribution in [0, 0.1) is 13.8 Å². The van der Waals surface area contributed by atoms with Crippen molar-refractivity contribution in [2.75, 3.05) is 0 Å². The van der Waals surface area contributed by atoms with Gasteiger partial charge in [-0.2, -0.15) is 0 Å². The first kappa shape index (κ1) is 8.65. The van der Waals surface area contributed by atoms with Crippen LogP contribution in [-0.4, -0.2) is 4.57 Å². The van der Waals surface area contributed by atoms with Crippen molar-refractivity contribution in [3.63, 3.8) is 0 Å². The van der Waals surface area contributed by atoms with E-state index in [1.165, 1.54) is 16.6 Å². The van der Waals surface area contributed by atoms with Gasteiger partial charge in [-0.1, -0.05) is 7.53 Å². The third kappa shape index (κ3) is 1.45. The van der Waals surface area contributed by atoms with Crippen molar-refractivity contribution in [1.29, 1.82) is 0 Å². The zero-order chi connectivity index (χ0) is 9.42. The molecule has 0 aromatic carbocycles.